The van der Waals surface area contributed by atoms with Crippen LogP contribution in [0.25, 0.3) is 0 Å². The van der Waals surface area contributed by atoms with E-state index in [1.165, 1.54) is 5.56 Å². The minimum Gasteiger partial charge on any atom is -0.388 e. The summed E-state index contributed by atoms with van der Waals surface area (Å²) in [4.78, 5) is 9.49. The van der Waals surface area contributed by atoms with Crippen molar-refractivity contribution in [1.29, 1.82) is 0 Å². The molecule has 0 amide bonds. The summed E-state index contributed by atoms with van der Waals surface area (Å²) in [5.41, 5.74) is 0.560. The number of hydrogen-bond acceptors (Lipinski definition) is 4. The number of hydrogen-bond donors (Lipinski definition) is 2. The second-order valence-electron chi connectivity index (χ2n) is 7.40. The standard InChI is InChI=1S/C20H31ClN4O2/c1-2-22-19(23-16-20(26)7-13-27-14-8-20)25-11-9-24(10-12-25)15-17-3-5-18(21)6-4-17/h3-6,26H,2,7-16H2,1H3,(H,22,23). The molecule has 1 aromatic carbocycles. The van der Waals surface area contributed by atoms with E-state index in [0.717, 1.165) is 50.3 Å². The van der Waals surface area contributed by atoms with Gasteiger partial charge in [0.05, 0.1) is 12.1 Å². The molecule has 2 aliphatic rings. The highest BCUT2D eigenvalue weighted by Crippen LogP contribution is 2.21. The molecule has 27 heavy (non-hydrogen) atoms. The fourth-order valence-corrected chi connectivity index (χ4v) is 3.65. The highest BCUT2D eigenvalue weighted by molar-refractivity contribution is 6.30. The third-order valence-electron chi connectivity index (χ3n) is 5.27. The Labute approximate surface area is 167 Å². The maximum Gasteiger partial charge on any atom is 0.194 e. The lowest BCUT2D eigenvalue weighted by Crippen LogP contribution is -2.52. The van der Waals surface area contributed by atoms with Crippen LogP contribution >= 0.6 is 11.6 Å². The van der Waals surface area contributed by atoms with E-state index >= 15 is 0 Å². The molecule has 0 spiro atoms. The zero-order valence-corrected chi connectivity index (χ0v) is 16.9. The van der Waals surface area contributed by atoms with Gasteiger partial charge in [0, 0.05) is 70.3 Å². The van der Waals surface area contributed by atoms with Gasteiger partial charge in [-0.25, -0.2) is 0 Å². The summed E-state index contributed by atoms with van der Waals surface area (Å²) >= 11 is 5.97. The van der Waals surface area contributed by atoms with Gasteiger partial charge in [0.15, 0.2) is 5.96 Å². The number of rotatable bonds is 5. The van der Waals surface area contributed by atoms with Crippen molar-refractivity contribution in [2.24, 2.45) is 4.99 Å². The van der Waals surface area contributed by atoms with Gasteiger partial charge in [-0.05, 0) is 24.6 Å². The molecule has 2 fully saturated rings. The van der Waals surface area contributed by atoms with Crippen molar-refractivity contribution < 1.29 is 9.84 Å². The van der Waals surface area contributed by atoms with Crippen molar-refractivity contribution in [3.8, 4) is 0 Å². The monoisotopic (exact) mass is 394 g/mol. The molecule has 0 atom stereocenters. The smallest absolute Gasteiger partial charge is 0.194 e. The second kappa shape index (κ2) is 9.73. The van der Waals surface area contributed by atoms with Crippen LogP contribution in [0.4, 0.5) is 0 Å². The summed E-state index contributed by atoms with van der Waals surface area (Å²) in [6.07, 6.45) is 1.32. The molecule has 0 radical (unpaired) electrons. The first-order valence-electron chi connectivity index (χ1n) is 9.88. The molecule has 150 valence electrons. The summed E-state index contributed by atoms with van der Waals surface area (Å²) < 4.78 is 5.36. The Morgan fingerprint density at radius 1 is 1.19 bits per heavy atom. The number of piperazine rings is 1. The van der Waals surface area contributed by atoms with E-state index in [1.807, 2.05) is 12.1 Å². The van der Waals surface area contributed by atoms with Crippen molar-refractivity contribution >= 4 is 17.6 Å². The zero-order chi connectivity index (χ0) is 19.1. The number of ether oxygens (including phenoxy) is 1. The van der Waals surface area contributed by atoms with Crippen molar-refractivity contribution in [2.45, 2.75) is 31.9 Å². The van der Waals surface area contributed by atoms with E-state index < -0.39 is 5.60 Å². The molecule has 0 bridgehead atoms. The molecular weight excluding hydrogens is 364 g/mol. The molecule has 0 aliphatic carbocycles. The number of nitrogens with zero attached hydrogens (tertiary/aromatic N) is 3. The van der Waals surface area contributed by atoms with Gasteiger partial charge < -0.3 is 20.1 Å². The van der Waals surface area contributed by atoms with Gasteiger partial charge in [-0.3, -0.25) is 9.89 Å². The SMILES string of the molecule is CCNC(=NCC1(O)CCOCC1)N1CCN(Cc2ccc(Cl)cc2)CC1. The summed E-state index contributed by atoms with van der Waals surface area (Å²) in [6.45, 7) is 9.36. The van der Waals surface area contributed by atoms with Gasteiger partial charge >= 0.3 is 0 Å². The first-order valence-corrected chi connectivity index (χ1v) is 10.3. The molecule has 1 aromatic rings. The second-order valence-corrected chi connectivity index (χ2v) is 7.83. The van der Waals surface area contributed by atoms with Gasteiger partial charge in [0.25, 0.3) is 0 Å². The molecule has 2 heterocycles. The highest BCUT2D eigenvalue weighted by atomic mass is 35.5. The van der Waals surface area contributed by atoms with Gasteiger partial charge in [-0.1, -0.05) is 23.7 Å². The van der Waals surface area contributed by atoms with Crippen LogP contribution in [0.15, 0.2) is 29.3 Å². The summed E-state index contributed by atoms with van der Waals surface area (Å²) in [6, 6.07) is 8.08. The predicted molar refractivity (Wildman–Crippen MR) is 109 cm³/mol. The number of benzene rings is 1. The first-order chi connectivity index (χ1) is 13.1. The predicted octanol–water partition coefficient (Wildman–Crippen LogP) is 1.96. The van der Waals surface area contributed by atoms with Crippen molar-refractivity contribution in [1.82, 2.24) is 15.1 Å². The van der Waals surface area contributed by atoms with Crippen LogP contribution < -0.4 is 5.32 Å². The Balaban J connectivity index is 1.53. The van der Waals surface area contributed by atoms with Crippen LogP contribution in [0.2, 0.25) is 5.02 Å². The summed E-state index contributed by atoms with van der Waals surface area (Å²) in [5.74, 6) is 0.906. The van der Waals surface area contributed by atoms with Crippen LogP contribution in [0.3, 0.4) is 0 Å². The average Bonchev–Trinajstić information content (AvgIpc) is 2.68. The van der Waals surface area contributed by atoms with Crippen molar-refractivity contribution in [3.63, 3.8) is 0 Å². The maximum atomic E-state index is 10.7. The van der Waals surface area contributed by atoms with E-state index in [9.17, 15) is 5.11 Å². The highest BCUT2D eigenvalue weighted by Gasteiger charge is 2.30. The molecule has 2 N–H and O–H groups in total. The van der Waals surface area contributed by atoms with Gasteiger partial charge in [-0.15, -0.1) is 0 Å². The van der Waals surface area contributed by atoms with Crippen LogP contribution in [0.5, 0.6) is 0 Å². The van der Waals surface area contributed by atoms with E-state index in [1.54, 1.807) is 0 Å². The molecule has 7 heteroatoms. The molecular formula is C20H31ClN4O2. The maximum absolute atomic E-state index is 10.7. The van der Waals surface area contributed by atoms with E-state index in [2.05, 4.69) is 34.2 Å². The van der Waals surface area contributed by atoms with E-state index in [-0.39, 0.29) is 0 Å². The number of guanidine groups is 1. The van der Waals surface area contributed by atoms with Gasteiger partial charge in [0.2, 0.25) is 0 Å². The number of nitrogens with one attached hydrogen (secondary N) is 1. The number of halogens is 1. The lowest BCUT2D eigenvalue weighted by Gasteiger charge is -2.37. The van der Waals surface area contributed by atoms with Crippen molar-refractivity contribution in [3.05, 3.63) is 34.9 Å². The minimum atomic E-state index is -0.727. The third kappa shape index (κ3) is 6.07. The largest absolute Gasteiger partial charge is 0.388 e. The summed E-state index contributed by atoms with van der Waals surface area (Å²) in [5, 5.41) is 14.8. The molecule has 0 saturated carbocycles. The van der Waals surface area contributed by atoms with Gasteiger partial charge in [0.1, 0.15) is 0 Å². The van der Waals surface area contributed by atoms with Crippen LogP contribution in [0, 0.1) is 0 Å². The normalized spacial score (nSPS) is 21.3. The Hall–Kier alpha value is -1.34. The Kier molecular flexibility index (Phi) is 7.35. The van der Waals surface area contributed by atoms with E-state index in [4.69, 9.17) is 21.3 Å². The fraction of sp³-hybridized carbons (Fsp3) is 0.650. The molecule has 6 nitrogen and oxygen atoms in total. The van der Waals surface area contributed by atoms with Crippen LogP contribution in [-0.4, -0.2) is 78.9 Å². The average molecular weight is 395 g/mol. The lowest BCUT2D eigenvalue weighted by atomic mass is 9.95. The zero-order valence-electron chi connectivity index (χ0n) is 16.2. The minimum absolute atomic E-state index is 0.434. The topological polar surface area (TPSA) is 60.3 Å². The Morgan fingerprint density at radius 3 is 2.48 bits per heavy atom. The molecule has 0 unspecified atom stereocenters. The third-order valence-corrected chi connectivity index (χ3v) is 5.52. The molecule has 2 saturated heterocycles. The first kappa shape index (κ1) is 20.4. The fourth-order valence-electron chi connectivity index (χ4n) is 3.52. The van der Waals surface area contributed by atoms with Crippen molar-refractivity contribution in [2.75, 3.05) is 52.5 Å². The molecule has 3 rings (SSSR count). The Morgan fingerprint density at radius 2 is 1.85 bits per heavy atom. The quantitative estimate of drug-likeness (QED) is 0.590. The molecule has 2 aliphatic heterocycles. The van der Waals surface area contributed by atoms with Gasteiger partial charge in [-0.2, -0.15) is 0 Å². The lowest BCUT2D eigenvalue weighted by molar-refractivity contribution is -0.0567. The molecule has 0 aromatic heterocycles. The number of aliphatic imine (C=N–C) groups is 1. The summed E-state index contributed by atoms with van der Waals surface area (Å²) in [7, 11) is 0. The van der Waals surface area contributed by atoms with Crippen LogP contribution in [0.1, 0.15) is 25.3 Å². The van der Waals surface area contributed by atoms with E-state index in [0.29, 0.717) is 32.6 Å². The Bertz CT molecular complexity index is 609. The van der Waals surface area contributed by atoms with Crippen LogP contribution in [-0.2, 0) is 11.3 Å². The number of aliphatic hydroxyl groups is 1.